The predicted molar refractivity (Wildman–Crippen MR) is 208 cm³/mol. The first-order valence-corrected chi connectivity index (χ1v) is 17.0. The molecule has 4 aromatic heterocycles. The molecule has 0 saturated carbocycles. The van der Waals surface area contributed by atoms with Crippen molar-refractivity contribution in [1.82, 2.24) is 18.9 Å². The van der Waals surface area contributed by atoms with Gasteiger partial charge in [-0.05, 0) is 89.0 Å². The van der Waals surface area contributed by atoms with Crippen LogP contribution in [0.1, 0.15) is 0 Å². The number of nitrogens with zero attached hydrogens (tertiary/aromatic N) is 4. The summed E-state index contributed by atoms with van der Waals surface area (Å²) in [6.45, 7) is 0. The van der Waals surface area contributed by atoms with Gasteiger partial charge in [0.2, 0.25) is 0 Å². The standard InChI is InChI=1S/C46H28N4/c1-2-11-34(12-3-1)49-41-16-8-5-13-35(41)36-26-31(22-24-42(36)49)29-18-20-30(21-19-29)32-23-25-43-37(27-32)45-38(28-33-10-4-6-14-39(33)47-45)46-48-40-15-7-9-17-44(40)50(43)46/h1-28H. The van der Waals surface area contributed by atoms with Crippen molar-refractivity contribution in [2.45, 2.75) is 0 Å². The van der Waals surface area contributed by atoms with Crippen molar-refractivity contribution in [3.05, 3.63) is 170 Å². The zero-order chi connectivity index (χ0) is 32.8. The third-order valence-electron chi connectivity index (χ3n) is 10.3. The normalized spacial score (nSPS) is 12.0. The molecule has 0 amide bonds. The molecule has 0 N–H and O–H groups in total. The van der Waals surface area contributed by atoms with Crippen LogP contribution in [0.3, 0.4) is 0 Å². The molecule has 0 bridgehead atoms. The zero-order valence-electron chi connectivity index (χ0n) is 27.0. The van der Waals surface area contributed by atoms with Crippen molar-refractivity contribution in [2.24, 2.45) is 0 Å². The number of benzene rings is 7. The molecule has 0 aliphatic rings. The van der Waals surface area contributed by atoms with E-state index in [1.165, 1.54) is 44.2 Å². The van der Waals surface area contributed by atoms with Gasteiger partial charge >= 0.3 is 0 Å². The van der Waals surface area contributed by atoms with E-state index in [2.05, 4.69) is 179 Å². The Morgan fingerprint density at radius 2 is 0.960 bits per heavy atom. The maximum Gasteiger partial charge on any atom is 0.147 e. The fourth-order valence-electron chi connectivity index (χ4n) is 7.91. The topological polar surface area (TPSA) is 35.1 Å². The van der Waals surface area contributed by atoms with Crippen molar-refractivity contribution in [3.8, 4) is 27.9 Å². The van der Waals surface area contributed by atoms with Gasteiger partial charge in [-0.25, -0.2) is 9.97 Å². The summed E-state index contributed by atoms with van der Waals surface area (Å²) >= 11 is 0. The minimum atomic E-state index is 0.938. The average molecular weight is 637 g/mol. The summed E-state index contributed by atoms with van der Waals surface area (Å²) in [6.07, 6.45) is 0. The van der Waals surface area contributed by atoms with Gasteiger partial charge in [0.25, 0.3) is 0 Å². The van der Waals surface area contributed by atoms with E-state index in [-0.39, 0.29) is 0 Å². The van der Waals surface area contributed by atoms with Crippen LogP contribution in [0.25, 0.3) is 99.1 Å². The van der Waals surface area contributed by atoms with Crippen molar-refractivity contribution in [2.75, 3.05) is 0 Å². The van der Waals surface area contributed by atoms with Crippen LogP contribution in [0, 0.1) is 0 Å². The summed E-state index contributed by atoms with van der Waals surface area (Å²) in [6, 6.07) is 60.8. The number of fused-ring (bicyclic) bond motifs is 12. The molecule has 0 aliphatic carbocycles. The Balaban J connectivity index is 1.06. The number of hydrogen-bond donors (Lipinski definition) is 0. The Kier molecular flexibility index (Phi) is 5.63. The van der Waals surface area contributed by atoms with E-state index in [4.69, 9.17) is 9.97 Å². The highest BCUT2D eigenvalue weighted by Crippen LogP contribution is 2.38. The minimum Gasteiger partial charge on any atom is -0.309 e. The van der Waals surface area contributed by atoms with Gasteiger partial charge in [-0.15, -0.1) is 0 Å². The van der Waals surface area contributed by atoms with Crippen LogP contribution >= 0.6 is 0 Å². The fraction of sp³-hybridized carbons (Fsp3) is 0. The molecule has 11 rings (SSSR count). The van der Waals surface area contributed by atoms with Crippen LogP contribution in [0.2, 0.25) is 0 Å². The number of hydrogen-bond acceptors (Lipinski definition) is 2. The molecule has 0 unspecified atom stereocenters. The molecule has 0 atom stereocenters. The number of rotatable bonds is 3. The Morgan fingerprint density at radius 1 is 0.360 bits per heavy atom. The van der Waals surface area contributed by atoms with Gasteiger partial charge in [0.05, 0.1) is 38.6 Å². The lowest BCUT2D eigenvalue weighted by atomic mass is 9.97. The molecule has 4 heteroatoms. The maximum absolute atomic E-state index is 5.23. The molecular weight excluding hydrogens is 609 g/mol. The van der Waals surface area contributed by atoms with Crippen molar-refractivity contribution >= 4 is 71.2 Å². The molecule has 4 heterocycles. The molecular formula is C46H28N4. The molecule has 11 aromatic rings. The Labute approximate surface area is 287 Å². The van der Waals surface area contributed by atoms with Crippen molar-refractivity contribution in [3.63, 3.8) is 0 Å². The highest BCUT2D eigenvalue weighted by molar-refractivity contribution is 6.15. The van der Waals surface area contributed by atoms with Crippen LogP contribution in [0.5, 0.6) is 0 Å². The molecule has 7 aromatic carbocycles. The van der Waals surface area contributed by atoms with E-state index in [9.17, 15) is 0 Å². The first-order valence-electron chi connectivity index (χ1n) is 17.0. The summed E-state index contributed by atoms with van der Waals surface area (Å²) in [5.74, 6) is 0. The first-order chi connectivity index (χ1) is 24.8. The smallest absolute Gasteiger partial charge is 0.147 e. The number of imidazole rings is 1. The van der Waals surface area contributed by atoms with E-state index in [0.29, 0.717) is 0 Å². The van der Waals surface area contributed by atoms with Gasteiger partial charge in [-0.2, -0.15) is 0 Å². The monoisotopic (exact) mass is 636 g/mol. The third kappa shape index (κ3) is 3.93. The van der Waals surface area contributed by atoms with Gasteiger partial charge in [0.1, 0.15) is 5.65 Å². The van der Waals surface area contributed by atoms with Gasteiger partial charge in [-0.3, -0.25) is 4.40 Å². The highest BCUT2D eigenvalue weighted by atomic mass is 15.0. The first kappa shape index (κ1) is 27.2. The molecule has 50 heavy (non-hydrogen) atoms. The molecule has 0 radical (unpaired) electrons. The summed E-state index contributed by atoms with van der Waals surface area (Å²) in [7, 11) is 0. The lowest BCUT2D eigenvalue weighted by molar-refractivity contribution is 1.18. The maximum atomic E-state index is 5.23. The van der Waals surface area contributed by atoms with E-state index < -0.39 is 0 Å². The van der Waals surface area contributed by atoms with Gasteiger partial charge < -0.3 is 4.57 Å². The van der Waals surface area contributed by atoms with Crippen LogP contribution in [-0.4, -0.2) is 18.9 Å². The summed E-state index contributed by atoms with van der Waals surface area (Å²) < 4.78 is 4.65. The van der Waals surface area contributed by atoms with Crippen LogP contribution in [0.15, 0.2) is 170 Å². The Bertz CT molecular complexity index is 3130. The molecule has 0 spiro atoms. The second-order valence-electron chi connectivity index (χ2n) is 13.1. The number of pyridine rings is 2. The van der Waals surface area contributed by atoms with E-state index in [1.54, 1.807) is 0 Å². The van der Waals surface area contributed by atoms with Crippen molar-refractivity contribution < 1.29 is 0 Å². The molecule has 4 nitrogen and oxygen atoms in total. The highest BCUT2D eigenvalue weighted by Gasteiger charge is 2.17. The number of para-hydroxylation sites is 5. The Hall–Kier alpha value is -6.78. The molecule has 0 fully saturated rings. The molecule has 0 saturated heterocycles. The Morgan fingerprint density at radius 3 is 1.76 bits per heavy atom. The molecule has 232 valence electrons. The van der Waals surface area contributed by atoms with Crippen LogP contribution < -0.4 is 0 Å². The van der Waals surface area contributed by atoms with Crippen LogP contribution in [-0.2, 0) is 0 Å². The molecule has 0 aliphatic heterocycles. The quantitative estimate of drug-likeness (QED) is 0.143. The van der Waals surface area contributed by atoms with Gasteiger partial charge in [0, 0.05) is 32.6 Å². The van der Waals surface area contributed by atoms with Gasteiger partial charge in [-0.1, -0.05) is 103 Å². The lowest BCUT2D eigenvalue weighted by Crippen LogP contribution is -1.94. The second kappa shape index (κ2) is 10.4. The lowest BCUT2D eigenvalue weighted by Gasteiger charge is -2.12. The minimum absolute atomic E-state index is 0.938. The van der Waals surface area contributed by atoms with E-state index in [1.807, 2.05) is 0 Å². The number of aromatic nitrogens is 4. The second-order valence-corrected chi connectivity index (χ2v) is 13.1. The van der Waals surface area contributed by atoms with Gasteiger partial charge in [0.15, 0.2) is 0 Å². The summed E-state index contributed by atoms with van der Waals surface area (Å²) in [5, 5.41) is 5.80. The predicted octanol–water partition coefficient (Wildman–Crippen LogP) is 11.8. The van der Waals surface area contributed by atoms with E-state index >= 15 is 0 Å². The zero-order valence-corrected chi connectivity index (χ0v) is 27.0. The SMILES string of the molecule is c1ccc(-n2c3ccccc3c3cc(-c4ccc(-c5ccc6c(c5)c5nc7ccccc7cc5c5nc7ccccc7n65)cc4)ccc32)cc1. The third-order valence-corrected chi connectivity index (χ3v) is 10.3. The van der Waals surface area contributed by atoms with Crippen LogP contribution in [0.4, 0.5) is 0 Å². The van der Waals surface area contributed by atoms with E-state index in [0.717, 1.165) is 55.0 Å². The van der Waals surface area contributed by atoms with Crippen molar-refractivity contribution in [1.29, 1.82) is 0 Å². The fourth-order valence-corrected chi connectivity index (χ4v) is 7.91. The summed E-state index contributed by atoms with van der Waals surface area (Å²) in [5.41, 5.74) is 14.4. The average Bonchev–Trinajstić information content (AvgIpc) is 3.74. The summed E-state index contributed by atoms with van der Waals surface area (Å²) in [4.78, 5) is 10.3. The largest absolute Gasteiger partial charge is 0.309 e.